The van der Waals surface area contributed by atoms with Crippen molar-refractivity contribution in [1.82, 2.24) is 4.98 Å². The monoisotopic (exact) mass is 394 g/mol. The Morgan fingerprint density at radius 1 is 1.28 bits per heavy atom. The molecule has 1 amide bonds. The van der Waals surface area contributed by atoms with E-state index in [9.17, 15) is 13.2 Å². The number of aryl methyl sites for hydroxylation is 1. The van der Waals surface area contributed by atoms with Crippen LogP contribution in [-0.2, 0) is 21.1 Å². The molecule has 25 heavy (non-hydrogen) atoms. The predicted molar refractivity (Wildman–Crippen MR) is 101 cm³/mol. The molecule has 0 aliphatic rings. The average molecular weight is 395 g/mol. The van der Waals surface area contributed by atoms with Gasteiger partial charge in [0.2, 0.25) is 5.91 Å². The summed E-state index contributed by atoms with van der Waals surface area (Å²) in [6.45, 7) is 1.81. The Labute approximate surface area is 154 Å². The fourth-order valence-corrected chi connectivity index (χ4v) is 4.49. The van der Waals surface area contributed by atoms with Crippen molar-refractivity contribution in [1.29, 1.82) is 0 Å². The Balaban J connectivity index is 1.94. The first kappa shape index (κ1) is 17.8. The maximum atomic E-state index is 12.3. The standard InChI is InChI=1S/C17H15ClN2O3S2/c1-10-19-17-14(24-10)8-12(9-15(17)25(2,22)23)20-16(21)7-11-5-3-4-6-13(11)18/h3-6,8-9H,7H2,1-2H3,(H,20,21). The molecule has 130 valence electrons. The van der Waals surface area contributed by atoms with E-state index in [1.54, 1.807) is 24.3 Å². The molecule has 0 radical (unpaired) electrons. The highest BCUT2D eigenvalue weighted by Crippen LogP contribution is 2.31. The van der Waals surface area contributed by atoms with Crippen LogP contribution in [0.3, 0.4) is 0 Å². The van der Waals surface area contributed by atoms with Crippen molar-refractivity contribution in [2.24, 2.45) is 0 Å². The number of nitrogens with zero attached hydrogens (tertiary/aromatic N) is 1. The third-order valence-corrected chi connectivity index (χ3v) is 5.96. The number of carbonyl (C=O) groups is 1. The van der Waals surface area contributed by atoms with Gasteiger partial charge in [-0.1, -0.05) is 29.8 Å². The van der Waals surface area contributed by atoms with Gasteiger partial charge in [-0.05, 0) is 30.7 Å². The first-order valence-corrected chi connectivity index (χ1v) is 10.5. The fourth-order valence-electron chi connectivity index (χ4n) is 2.48. The minimum Gasteiger partial charge on any atom is -0.326 e. The van der Waals surface area contributed by atoms with E-state index < -0.39 is 9.84 Å². The van der Waals surface area contributed by atoms with Crippen molar-refractivity contribution in [2.75, 3.05) is 11.6 Å². The molecular formula is C17H15ClN2O3S2. The molecule has 0 unspecified atom stereocenters. The molecule has 5 nitrogen and oxygen atoms in total. The predicted octanol–water partition coefficient (Wildman–Crippen LogP) is 3.84. The number of aromatic nitrogens is 1. The summed E-state index contributed by atoms with van der Waals surface area (Å²) in [6, 6.07) is 10.3. The average Bonchev–Trinajstić information content (AvgIpc) is 2.87. The van der Waals surface area contributed by atoms with Gasteiger partial charge in [0, 0.05) is 17.0 Å². The molecule has 0 fully saturated rings. The number of hydrogen-bond acceptors (Lipinski definition) is 5. The molecule has 3 aromatic rings. The van der Waals surface area contributed by atoms with E-state index >= 15 is 0 Å². The molecule has 2 aromatic carbocycles. The normalized spacial score (nSPS) is 11.6. The van der Waals surface area contributed by atoms with Gasteiger partial charge in [-0.3, -0.25) is 4.79 Å². The summed E-state index contributed by atoms with van der Waals surface area (Å²) in [7, 11) is -3.47. The zero-order valence-corrected chi connectivity index (χ0v) is 15.9. The van der Waals surface area contributed by atoms with Crippen LogP contribution in [0.5, 0.6) is 0 Å². The van der Waals surface area contributed by atoms with Crippen LogP contribution in [0, 0.1) is 6.92 Å². The molecular weight excluding hydrogens is 380 g/mol. The van der Waals surface area contributed by atoms with Gasteiger partial charge in [-0.25, -0.2) is 13.4 Å². The lowest BCUT2D eigenvalue weighted by Gasteiger charge is -2.09. The summed E-state index contributed by atoms with van der Waals surface area (Å²) in [4.78, 5) is 16.7. The number of nitrogens with one attached hydrogen (secondary N) is 1. The second-order valence-electron chi connectivity index (χ2n) is 5.64. The first-order chi connectivity index (χ1) is 11.7. The third kappa shape index (κ3) is 4.00. The molecule has 0 saturated carbocycles. The van der Waals surface area contributed by atoms with Crippen LogP contribution in [0.1, 0.15) is 10.6 Å². The number of sulfone groups is 1. The van der Waals surface area contributed by atoms with Crippen LogP contribution in [0.15, 0.2) is 41.3 Å². The van der Waals surface area contributed by atoms with Gasteiger partial charge in [0.05, 0.1) is 21.0 Å². The third-order valence-electron chi connectivity index (χ3n) is 3.56. The molecule has 3 rings (SSSR count). The van der Waals surface area contributed by atoms with Crippen LogP contribution >= 0.6 is 22.9 Å². The zero-order chi connectivity index (χ0) is 18.2. The minimum atomic E-state index is -3.47. The number of rotatable bonds is 4. The second-order valence-corrected chi connectivity index (χ2v) is 9.27. The molecule has 0 atom stereocenters. The fraction of sp³-hybridized carbons (Fsp3) is 0.176. The molecule has 8 heteroatoms. The number of halogens is 1. The summed E-state index contributed by atoms with van der Waals surface area (Å²) in [5.41, 5.74) is 1.57. The van der Waals surface area contributed by atoms with E-state index in [1.807, 2.05) is 13.0 Å². The van der Waals surface area contributed by atoms with E-state index in [0.29, 0.717) is 26.5 Å². The van der Waals surface area contributed by atoms with E-state index in [-0.39, 0.29) is 17.2 Å². The van der Waals surface area contributed by atoms with Crippen molar-refractivity contribution in [3.8, 4) is 0 Å². The van der Waals surface area contributed by atoms with Crippen molar-refractivity contribution >= 4 is 54.6 Å². The number of amides is 1. The van der Waals surface area contributed by atoms with Crippen molar-refractivity contribution in [2.45, 2.75) is 18.2 Å². The van der Waals surface area contributed by atoms with Gasteiger partial charge in [-0.15, -0.1) is 11.3 Å². The van der Waals surface area contributed by atoms with Gasteiger partial charge < -0.3 is 5.32 Å². The Morgan fingerprint density at radius 2 is 2.00 bits per heavy atom. The van der Waals surface area contributed by atoms with Crippen LogP contribution in [0.4, 0.5) is 5.69 Å². The summed E-state index contributed by atoms with van der Waals surface area (Å²) >= 11 is 7.45. The topological polar surface area (TPSA) is 76.1 Å². The Bertz CT molecular complexity index is 1070. The van der Waals surface area contributed by atoms with E-state index in [0.717, 1.165) is 11.3 Å². The number of benzene rings is 2. The number of hydrogen-bond donors (Lipinski definition) is 1. The lowest BCUT2D eigenvalue weighted by atomic mass is 10.1. The molecule has 0 spiro atoms. The summed E-state index contributed by atoms with van der Waals surface area (Å²) < 4.78 is 24.8. The first-order valence-electron chi connectivity index (χ1n) is 7.38. The molecule has 0 bridgehead atoms. The summed E-state index contributed by atoms with van der Waals surface area (Å²) in [5.74, 6) is -0.270. The Hall–Kier alpha value is -1.96. The molecule has 0 aliphatic heterocycles. The van der Waals surface area contributed by atoms with E-state index in [4.69, 9.17) is 11.6 Å². The Morgan fingerprint density at radius 3 is 2.68 bits per heavy atom. The molecule has 1 aromatic heterocycles. The van der Waals surface area contributed by atoms with Crippen LogP contribution in [0.25, 0.3) is 10.2 Å². The number of carbonyl (C=O) groups excluding carboxylic acids is 1. The SMILES string of the molecule is Cc1nc2c(S(C)(=O)=O)cc(NC(=O)Cc3ccccc3Cl)cc2s1. The number of fused-ring (bicyclic) bond motifs is 1. The molecule has 0 aliphatic carbocycles. The van der Waals surface area contributed by atoms with Gasteiger partial charge >= 0.3 is 0 Å². The number of thiazole rings is 1. The van der Waals surface area contributed by atoms with Crippen molar-refractivity contribution in [3.05, 3.63) is 52.0 Å². The highest BCUT2D eigenvalue weighted by molar-refractivity contribution is 7.91. The lowest BCUT2D eigenvalue weighted by molar-refractivity contribution is -0.115. The van der Waals surface area contributed by atoms with E-state index in [2.05, 4.69) is 10.3 Å². The largest absolute Gasteiger partial charge is 0.326 e. The van der Waals surface area contributed by atoms with Gasteiger partial charge in [0.1, 0.15) is 5.52 Å². The molecule has 1 N–H and O–H groups in total. The maximum absolute atomic E-state index is 12.3. The second kappa shape index (κ2) is 6.74. The minimum absolute atomic E-state index is 0.105. The highest BCUT2D eigenvalue weighted by atomic mass is 35.5. The van der Waals surface area contributed by atoms with Crippen molar-refractivity contribution < 1.29 is 13.2 Å². The Kier molecular flexibility index (Phi) is 4.81. The van der Waals surface area contributed by atoms with Crippen LogP contribution < -0.4 is 5.32 Å². The van der Waals surface area contributed by atoms with Gasteiger partial charge in [0.15, 0.2) is 9.84 Å². The zero-order valence-electron chi connectivity index (χ0n) is 13.5. The van der Waals surface area contributed by atoms with Gasteiger partial charge in [-0.2, -0.15) is 0 Å². The maximum Gasteiger partial charge on any atom is 0.228 e. The summed E-state index contributed by atoms with van der Waals surface area (Å²) in [5, 5.41) is 4.03. The smallest absolute Gasteiger partial charge is 0.228 e. The van der Waals surface area contributed by atoms with Crippen LogP contribution in [-0.4, -0.2) is 25.6 Å². The van der Waals surface area contributed by atoms with E-state index in [1.165, 1.54) is 17.4 Å². The quantitative estimate of drug-likeness (QED) is 0.729. The van der Waals surface area contributed by atoms with Crippen molar-refractivity contribution in [3.63, 3.8) is 0 Å². The number of anilines is 1. The lowest BCUT2D eigenvalue weighted by Crippen LogP contribution is -2.15. The molecule has 1 heterocycles. The molecule has 0 saturated heterocycles. The van der Waals surface area contributed by atoms with Crippen LogP contribution in [0.2, 0.25) is 5.02 Å². The highest BCUT2D eigenvalue weighted by Gasteiger charge is 2.18. The van der Waals surface area contributed by atoms with Gasteiger partial charge in [0.25, 0.3) is 0 Å². The summed E-state index contributed by atoms with van der Waals surface area (Å²) in [6.07, 6.45) is 1.24.